The molecule has 2 heterocycles. The van der Waals surface area contributed by atoms with Crippen LogP contribution in [-0.2, 0) is 29.1 Å². The van der Waals surface area contributed by atoms with Crippen molar-refractivity contribution >= 4 is 22.0 Å². The average Bonchev–Trinajstić information content (AvgIpc) is 3.09. The number of sulfonamides is 1. The van der Waals surface area contributed by atoms with E-state index >= 15 is 0 Å². The molecule has 7 nitrogen and oxygen atoms in total. The van der Waals surface area contributed by atoms with Gasteiger partial charge in [0.15, 0.2) is 0 Å². The van der Waals surface area contributed by atoms with Gasteiger partial charge in [0.25, 0.3) is 0 Å². The van der Waals surface area contributed by atoms with Crippen LogP contribution in [-0.4, -0.2) is 50.5 Å². The molecule has 0 fully saturated rings. The molecule has 1 aromatic carbocycles. The molecule has 0 aliphatic carbocycles. The highest BCUT2D eigenvalue weighted by Gasteiger charge is 2.60. The molecule has 3 rings (SSSR count). The Balaban J connectivity index is 2.17. The standard InChI is InChI=1S/C18H19NO6S/c1-11-5-7-12(8-6-11)26(22,23)19-13-9-10-18(19,2)15(17(21)25-4)14(13)16(20)24-3/h5-10,13H,1-4H3/t13-,18+/m1/s1. The van der Waals surface area contributed by atoms with Crippen LogP contribution in [0.4, 0.5) is 0 Å². The molecule has 2 aliphatic rings. The normalized spacial score (nSPS) is 24.8. The summed E-state index contributed by atoms with van der Waals surface area (Å²) in [5.41, 5.74) is -0.443. The summed E-state index contributed by atoms with van der Waals surface area (Å²) in [6.45, 7) is 3.42. The molecule has 2 bridgehead atoms. The number of carbonyl (C=O) groups excluding carboxylic acids is 2. The van der Waals surface area contributed by atoms with E-state index in [9.17, 15) is 18.0 Å². The third kappa shape index (κ3) is 2.40. The zero-order valence-corrected chi connectivity index (χ0v) is 15.7. The van der Waals surface area contributed by atoms with Crippen molar-refractivity contribution in [3.63, 3.8) is 0 Å². The second-order valence-electron chi connectivity index (χ2n) is 6.34. The van der Waals surface area contributed by atoms with Crippen LogP contribution < -0.4 is 0 Å². The van der Waals surface area contributed by atoms with Crippen LogP contribution in [0.25, 0.3) is 0 Å². The van der Waals surface area contributed by atoms with Gasteiger partial charge < -0.3 is 9.47 Å². The molecule has 0 spiro atoms. The summed E-state index contributed by atoms with van der Waals surface area (Å²) in [4.78, 5) is 24.7. The van der Waals surface area contributed by atoms with Gasteiger partial charge >= 0.3 is 11.9 Å². The van der Waals surface area contributed by atoms with Gasteiger partial charge in [-0.05, 0) is 26.0 Å². The van der Waals surface area contributed by atoms with Crippen LogP contribution in [0.15, 0.2) is 52.5 Å². The molecule has 0 saturated carbocycles. The summed E-state index contributed by atoms with van der Waals surface area (Å²) < 4.78 is 37.3. The first-order chi connectivity index (χ1) is 12.2. The lowest BCUT2D eigenvalue weighted by molar-refractivity contribution is -0.139. The van der Waals surface area contributed by atoms with E-state index in [1.807, 2.05) is 6.92 Å². The summed E-state index contributed by atoms with van der Waals surface area (Å²) in [5.74, 6) is -1.52. The number of fused-ring (bicyclic) bond motifs is 2. The number of methoxy groups -OCH3 is 2. The minimum atomic E-state index is -3.99. The van der Waals surface area contributed by atoms with Crippen molar-refractivity contribution in [1.82, 2.24) is 4.31 Å². The van der Waals surface area contributed by atoms with Crippen LogP contribution in [0, 0.1) is 6.92 Å². The molecular weight excluding hydrogens is 358 g/mol. The van der Waals surface area contributed by atoms with E-state index in [1.54, 1.807) is 31.2 Å². The molecule has 1 aromatic rings. The number of nitrogens with zero attached hydrogens (tertiary/aromatic N) is 1. The number of rotatable bonds is 4. The molecule has 26 heavy (non-hydrogen) atoms. The van der Waals surface area contributed by atoms with Gasteiger partial charge in [-0.3, -0.25) is 0 Å². The predicted molar refractivity (Wildman–Crippen MR) is 92.6 cm³/mol. The maximum atomic E-state index is 13.3. The molecule has 0 radical (unpaired) electrons. The van der Waals surface area contributed by atoms with Crippen molar-refractivity contribution in [2.45, 2.75) is 30.3 Å². The Morgan fingerprint density at radius 1 is 1.08 bits per heavy atom. The van der Waals surface area contributed by atoms with Crippen molar-refractivity contribution in [3.05, 3.63) is 53.1 Å². The number of aryl methyl sites for hydroxylation is 1. The first kappa shape index (κ1) is 18.3. The summed E-state index contributed by atoms with van der Waals surface area (Å²) in [5, 5.41) is 0. The third-order valence-electron chi connectivity index (χ3n) is 4.76. The zero-order valence-electron chi connectivity index (χ0n) is 14.8. The van der Waals surface area contributed by atoms with E-state index in [-0.39, 0.29) is 16.0 Å². The van der Waals surface area contributed by atoms with Gasteiger partial charge in [0.1, 0.15) is 0 Å². The quantitative estimate of drug-likeness (QED) is 0.581. The van der Waals surface area contributed by atoms with Gasteiger partial charge in [-0.15, -0.1) is 0 Å². The maximum absolute atomic E-state index is 13.3. The number of esters is 2. The molecule has 0 unspecified atom stereocenters. The lowest BCUT2D eigenvalue weighted by Gasteiger charge is -2.31. The fourth-order valence-corrected chi connectivity index (χ4v) is 5.35. The number of carbonyl (C=O) groups is 2. The van der Waals surface area contributed by atoms with Crippen molar-refractivity contribution in [2.24, 2.45) is 0 Å². The highest BCUT2D eigenvalue weighted by molar-refractivity contribution is 7.89. The molecule has 8 heteroatoms. The van der Waals surface area contributed by atoms with Gasteiger partial charge in [-0.2, -0.15) is 4.31 Å². The molecule has 0 saturated heterocycles. The van der Waals surface area contributed by atoms with Crippen LogP contribution in [0.5, 0.6) is 0 Å². The number of hydrogen-bond donors (Lipinski definition) is 0. The van der Waals surface area contributed by atoms with Crippen molar-refractivity contribution in [2.75, 3.05) is 14.2 Å². The summed E-state index contributed by atoms with van der Waals surface area (Å²) in [6.07, 6.45) is 3.19. The zero-order chi connectivity index (χ0) is 19.3. The predicted octanol–water partition coefficient (Wildman–Crippen LogP) is 1.34. The first-order valence-corrected chi connectivity index (χ1v) is 9.34. The summed E-state index contributed by atoms with van der Waals surface area (Å²) in [6, 6.07) is 5.46. The Bertz CT molecular complexity index is 944. The molecule has 0 amide bonds. The number of ether oxygens (including phenoxy) is 2. The van der Waals surface area contributed by atoms with E-state index in [2.05, 4.69) is 0 Å². The Kier molecular flexibility index (Phi) is 4.28. The smallest absolute Gasteiger partial charge is 0.336 e. The van der Waals surface area contributed by atoms with E-state index < -0.39 is 33.5 Å². The second-order valence-corrected chi connectivity index (χ2v) is 8.15. The maximum Gasteiger partial charge on any atom is 0.336 e. The molecule has 0 N–H and O–H groups in total. The third-order valence-corrected chi connectivity index (χ3v) is 6.75. The highest BCUT2D eigenvalue weighted by Crippen LogP contribution is 2.49. The topological polar surface area (TPSA) is 90.0 Å². The molecular formula is C18H19NO6S. The van der Waals surface area contributed by atoms with Gasteiger partial charge in [0.05, 0.1) is 41.8 Å². The van der Waals surface area contributed by atoms with Gasteiger partial charge in [-0.25, -0.2) is 18.0 Å². The van der Waals surface area contributed by atoms with Crippen molar-refractivity contribution in [3.8, 4) is 0 Å². The van der Waals surface area contributed by atoms with E-state index in [0.717, 1.165) is 9.87 Å². The number of benzene rings is 1. The minimum Gasteiger partial charge on any atom is -0.466 e. The monoisotopic (exact) mass is 377 g/mol. The molecule has 2 atom stereocenters. The molecule has 2 aliphatic heterocycles. The SMILES string of the molecule is COC(=O)C1=C(C(=O)OC)[C@]2(C)C=C[C@H]1N2S(=O)(=O)c1ccc(C)cc1. The van der Waals surface area contributed by atoms with Crippen molar-refractivity contribution < 1.29 is 27.5 Å². The van der Waals surface area contributed by atoms with E-state index in [0.29, 0.717) is 0 Å². The average molecular weight is 377 g/mol. The molecule has 0 aromatic heterocycles. The van der Waals surface area contributed by atoms with Gasteiger partial charge in [-0.1, -0.05) is 29.8 Å². The van der Waals surface area contributed by atoms with Gasteiger partial charge in [0, 0.05) is 0 Å². The number of hydrogen-bond acceptors (Lipinski definition) is 6. The Morgan fingerprint density at radius 3 is 2.19 bits per heavy atom. The van der Waals surface area contributed by atoms with E-state index in [1.165, 1.54) is 26.4 Å². The van der Waals surface area contributed by atoms with Crippen LogP contribution in [0.2, 0.25) is 0 Å². The van der Waals surface area contributed by atoms with Crippen molar-refractivity contribution in [1.29, 1.82) is 0 Å². The van der Waals surface area contributed by atoms with Crippen LogP contribution >= 0.6 is 0 Å². The van der Waals surface area contributed by atoms with Gasteiger partial charge in [0.2, 0.25) is 10.0 Å². The second kappa shape index (κ2) is 6.07. The fraction of sp³-hybridized carbons (Fsp3) is 0.333. The summed E-state index contributed by atoms with van der Waals surface area (Å²) >= 11 is 0. The van der Waals surface area contributed by atoms with Crippen LogP contribution in [0.1, 0.15) is 12.5 Å². The minimum absolute atomic E-state index is 0.0139. The lowest BCUT2D eigenvalue weighted by atomic mass is 9.88. The van der Waals surface area contributed by atoms with Crippen LogP contribution in [0.3, 0.4) is 0 Å². The Morgan fingerprint density at radius 2 is 1.65 bits per heavy atom. The first-order valence-electron chi connectivity index (χ1n) is 7.90. The largest absolute Gasteiger partial charge is 0.466 e. The summed E-state index contributed by atoms with van der Waals surface area (Å²) in [7, 11) is -1.62. The fourth-order valence-electron chi connectivity index (χ4n) is 3.52. The van der Waals surface area contributed by atoms with E-state index in [4.69, 9.17) is 9.47 Å². The lowest BCUT2D eigenvalue weighted by Crippen LogP contribution is -2.47. The highest BCUT2D eigenvalue weighted by atomic mass is 32.2. The Labute approximate surface area is 151 Å². The Hall–Kier alpha value is -2.45. The molecule has 138 valence electrons.